The maximum atomic E-state index is 10.3. The second-order valence-electron chi connectivity index (χ2n) is 4.09. The number of hydrogen-bond donors (Lipinski definition) is 2. The molecule has 1 aromatic rings. The van der Waals surface area contributed by atoms with Crippen LogP contribution in [-0.2, 0) is 4.79 Å². The zero-order chi connectivity index (χ0) is 12.0. The summed E-state index contributed by atoms with van der Waals surface area (Å²) in [6.07, 6.45) is 0.902. The van der Waals surface area contributed by atoms with Crippen LogP contribution in [0.4, 0.5) is 0 Å². The van der Waals surface area contributed by atoms with Crippen LogP contribution in [0.1, 0.15) is 36.9 Å². The fraction of sp³-hybridized carbons (Fsp3) is 0.462. The Morgan fingerprint density at radius 2 is 2.25 bits per heavy atom. The fourth-order valence-corrected chi connectivity index (χ4v) is 1.62. The summed E-state index contributed by atoms with van der Waals surface area (Å²) in [6, 6.07) is 8.62. The number of carbonyl (C=O) groups is 1. The van der Waals surface area contributed by atoms with Crippen LogP contribution < -0.4 is 5.32 Å². The Morgan fingerprint density at radius 1 is 1.50 bits per heavy atom. The molecule has 2 N–H and O–H groups in total. The molecule has 0 aliphatic carbocycles. The highest BCUT2D eigenvalue weighted by molar-refractivity contribution is 5.66. The van der Waals surface area contributed by atoms with E-state index in [1.807, 2.05) is 6.07 Å². The molecule has 0 unspecified atom stereocenters. The third-order valence-corrected chi connectivity index (χ3v) is 2.56. The summed E-state index contributed by atoms with van der Waals surface area (Å²) >= 11 is 0. The van der Waals surface area contributed by atoms with E-state index in [1.54, 1.807) is 0 Å². The van der Waals surface area contributed by atoms with E-state index in [0.29, 0.717) is 6.42 Å². The first-order chi connectivity index (χ1) is 7.59. The van der Waals surface area contributed by atoms with Crippen LogP contribution in [-0.4, -0.2) is 17.6 Å². The second kappa shape index (κ2) is 6.28. The van der Waals surface area contributed by atoms with Crippen LogP contribution in [0, 0.1) is 6.92 Å². The van der Waals surface area contributed by atoms with Crippen LogP contribution in [0.3, 0.4) is 0 Å². The number of carboxylic acids is 1. The number of aryl methyl sites for hydroxylation is 1. The number of carboxylic acid groups (broad SMARTS) is 1. The first-order valence-corrected chi connectivity index (χ1v) is 5.61. The maximum Gasteiger partial charge on any atom is 0.303 e. The third kappa shape index (κ3) is 4.45. The van der Waals surface area contributed by atoms with Gasteiger partial charge in [-0.15, -0.1) is 0 Å². The van der Waals surface area contributed by atoms with Gasteiger partial charge in [0.25, 0.3) is 0 Å². The zero-order valence-electron chi connectivity index (χ0n) is 9.86. The highest BCUT2D eigenvalue weighted by atomic mass is 16.4. The van der Waals surface area contributed by atoms with Gasteiger partial charge in [0.2, 0.25) is 0 Å². The van der Waals surface area contributed by atoms with Crippen molar-refractivity contribution in [2.75, 3.05) is 6.54 Å². The third-order valence-electron chi connectivity index (χ3n) is 2.56. The Bertz CT molecular complexity index is 350. The highest BCUT2D eigenvalue weighted by Crippen LogP contribution is 2.13. The lowest BCUT2D eigenvalue weighted by Crippen LogP contribution is -2.20. The van der Waals surface area contributed by atoms with Gasteiger partial charge in [0.05, 0.1) is 0 Å². The molecule has 0 aliphatic rings. The van der Waals surface area contributed by atoms with Crippen LogP contribution in [0.2, 0.25) is 0 Å². The Morgan fingerprint density at radius 3 is 2.88 bits per heavy atom. The molecule has 0 fully saturated rings. The topological polar surface area (TPSA) is 49.3 Å². The van der Waals surface area contributed by atoms with Gasteiger partial charge in [-0.1, -0.05) is 29.8 Å². The van der Waals surface area contributed by atoms with Crippen molar-refractivity contribution >= 4 is 5.97 Å². The van der Waals surface area contributed by atoms with E-state index in [0.717, 1.165) is 6.54 Å². The standard InChI is InChI=1S/C13H19NO2/c1-10-5-3-6-12(9-10)11(2)14-8-4-7-13(15)16/h3,5-6,9,11,14H,4,7-8H2,1-2H3,(H,15,16)/t11-/m1/s1. The first-order valence-electron chi connectivity index (χ1n) is 5.61. The minimum absolute atomic E-state index is 0.230. The highest BCUT2D eigenvalue weighted by Gasteiger charge is 2.04. The van der Waals surface area contributed by atoms with Gasteiger partial charge in [-0.05, 0) is 32.4 Å². The van der Waals surface area contributed by atoms with Gasteiger partial charge in [-0.25, -0.2) is 0 Å². The average Bonchev–Trinajstić information content (AvgIpc) is 2.24. The maximum absolute atomic E-state index is 10.3. The molecule has 3 heteroatoms. The Labute approximate surface area is 96.5 Å². The van der Waals surface area contributed by atoms with Gasteiger partial charge >= 0.3 is 5.97 Å². The van der Waals surface area contributed by atoms with E-state index in [2.05, 4.69) is 37.4 Å². The van der Waals surface area contributed by atoms with E-state index < -0.39 is 5.97 Å². The summed E-state index contributed by atoms with van der Waals surface area (Å²) in [7, 11) is 0. The normalized spacial score (nSPS) is 12.4. The predicted octanol–water partition coefficient (Wildman–Crippen LogP) is 2.51. The fourth-order valence-electron chi connectivity index (χ4n) is 1.62. The lowest BCUT2D eigenvalue weighted by atomic mass is 10.1. The largest absolute Gasteiger partial charge is 0.481 e. The lowest BCUT2D eigenvalue weighted by molar-refractivity contribution is -0.137. The van der Waals surface area contributed by atoms with Crippen molar-refractivity contribution in [3.05, 3.63) is 35.4 Å². The first kappa shape index (κ1) is 12.7. The van der Waals surface area contributed by atoms with Crippen molar-refractivity contribution < 1.29 is 9.90 Å². The van der Waals surface area contributed by atoms with E-state index in [4.69, 9.17) is 5.11 Å². The number of hydrogen-bond acceptors (Lipinski definition) is 2. The molecule has 0 saturated carbocycles. The quantitative estimate of drug-likeness (QED) is 0.726. The molecular weight excluding hydrogens is 202 g/mol. The van der Waals surface area contributed by atoms with Crippen LogP contribution >= 0.6 is 0 Å². The average molecular weight is 221 g/mol. The van der Waals surface area contributed by atoms with Crippen molar-refractivity contribution in [2.24, 2.45) is 0 Å². The summed E-state index contributed by atoms with van der Waals surface area (Å²) in [5.74, 6) is -0.731. The Balaban J connectivity index is 2.35. The summed E-state index contributed by atoms with van der Waals surface area (Å²) in [5, 5.41) is 11.8. The Hall–Kier alpha value is -1.35. The van der Waals surface area contributed by atoms with Crippen LogP contribution in [0.5, 0.6) is 0 Å². The summed E-state index contributed by atoms with van der Waals surface area (Å²) < 4.78 is 0. The van der Waals surface area contributed by atoms with E-state index in [1.165, 1.54) is 11.1 Å². The molecule has 88 valence electrons. The number of rotatable bonds is 6. The number of aliphatic carboxylic acids is 1. The zero-order valence-corrected chi connectivity index (χ0v) is 9.86. The molecule has 0 aromatic heterocycles. The van der Waals surface area contributed by atoms with Crippen molar-refractivity contribution in [2.45, 2.75) is 32.7 Å². The summed E-state index contributed by atoms with van der Waals surface area (Å²) in [4.78, 5) is 10.3. The molecule has 0 radical (unpaired) electrons. The van der Waals surface area contributed by atoms with Crippen molar-refractivity contribution in [1.82, 2.24) is 5.32 Å². The van der Waals surface area contributed by atoms with Gasteiger partial charge in [0.15, 0.2) is 0 Å². The van der Waals surface area contributed by atoms with E-state index in [9.17, 15) is 4.79 Å². The van der Waals surface area contributed by atoms with Crippen molar-refractivity contribution in [3.8, 4) is 0 Å². The predicted molar refractivity (Wildman–Crippen MR) is 64.5 cm³/mol. The minimum Gasteiger partial charge on any atom is -0.481 e. The molecule has 0 spiro atoms. The second-order valence-corrected chi connectivity index (χ2v) is 4.09. The van der Waals surface area contributed by atoms with E-state index >= 15 is 0 Å². The molecule has 0 bridgehead atoms. The van der Waals surface area contributed by atoms with Crippen LogP contribution in [0.25, 0.3) is 0 Å². The van der Waals surface area contributed by atoms with Gasteiger partial charge in [-0.3, -0.25) is 4.79 Å². The molecule has 0 heterocycles. The van der Waals surface area contributed by atoms with Crippen molar-refractivity contribution in [3.63, 3.8) is 0 Å². The van der Waals surface area contributed by atoms with Gasteiger partial charge in [0, 0.05) is 12.5 Å². The van der Waals surface area contributed by atoms with Crippen LogP contribution in [0.15, 0.2) is 24.3 Å². The van der Waals surface area contributed by atoms with E-state index in [-0.39, 0.29) is 12.5 Å². The number of nitrogens with one attached hydrogen (secondary N) is 1. The molecule has 0 aliphatic heterocycles. The molecule has 3 nitrogen and oxygen atoms in total. The van der Waals surface area contributed by atoms with Gasteiger partial charge in [-0.2, -0.15) is 0 Å². The molecule has 1 rings (SSSR count). The monoisotopic (exact) mass is 221 g/mol. The van der Waals surface area contributed by atoms with Gasteiger partial charge < -0.3 is 10.4 Å². The molecule has 0 saturated heterocycles. The smallest absolute Gasteiger partial charge is 0.303 e. The summed E-state index contributed by atoms with van der Waals surface area (Å²) in [6.45, 7) is 4.90. The molecule has 0 amide bonds. The molecule has 1 aromatic carbocycles. The molecule has 1 atom stereocenters. The lowest BCUT2D eigenvalue weighted by Gasteiger charge is -2.14. The summed E-state index contributed by atoms with van der Waals surface area (Å²) in [5.41, 5.74) is 2.49. The Kier molecular flexibility index (Phi) is 4.99. The van der Waals surface area contributed by atoms with Crippen molar-refractivity contribution in [1.29, 1.82) is 0 Å². The SMILES string of the molecule is Cc1cccc([C@@H](C)NCCCC(=O)O)c1. The van der Waals surface area contributed by atoms with Gasteiger partial charge in [0.1, 0.15) is 0 Å². The molecular formula is C13H19NO2. The number of benzene rings is 1. The minimum atomic E-state index is -0.731. The molecule has 16 heavy (non-hydrogen) atoms.